The Morgan fingerprint density at radius 3 is 2.65 bits per heavy atom. The maximum absolute atomic E-state index is 13.6. The summed E-state index contributed by atoms with van der Waals surface area (Å²) in [4.78, 5) is 0. The van der Waals surface area contributed by atoms with Gasteiger partial charge in [0.25, 0.3) is 0 Å². The smallest absolute Gasteiger partial charge is 0.146 e. The fourth-order valence-corrected chi connectivity index (χ4v) is 2.18. The molecule has 2 rings (SSSR count). The summed E-state index contributed by atoms with van der Waals surface area (Å²) in [6, 6.07) is 4.91. The van der Waals surface area contributed by atoms with Crippen molar-refractivity contribution in [3.05, 3.63) is 24.0 Å². The second-order valence-corrected chi connectivity index (χ2v) is 4.50. The third kappa shape index (κ3) is 3.09. The molecule has 17 heavy (non-hydrogen) atoms. The van der Waals surface area contributed by atoms with Crippen molar-refractivity contribution in [2.45, 2.75) is 37.8 Å². The Kier molecular flexibility index (Phi) is 3.84. The molecule has 1 fully saturated rings. The van der Waals surface area contributed by atoms with Gasteiger partial charge in [-0.1, -0.05) is 0 Å². The summed E-state index contributed by atoms with van der Waals surface area (Å²) in [5, 5.41) is 12.6. The van der Waals surface area contributed by atoms with Crippen molar-refractivity contribution in [2.24, 2.45) is 0 Å². The highest BCUT2D eigenvalue weighted by Crippen LogP contribution is 2.26. The number of halogens is 1. The monoisotopic (exact) mass is 239 g/mol. The molecule has 0 radical (unpaired) electrons. The van der Waals surface area contributed by atoms with E-state index in [1.807, 2.05) is 0 Å². The van der Waals surface area contributed by atoms with Crippen LogP contribution in [-0.4, -0.2) is 24.4 Å². The molecule has 1 aliphatic rings. The fraction of sp³-hybridized carbons (Fsp3) is 0.538. The zero-order valence-electron chi connectivity index (χ0n) is 9.95. The van der Waals surface area contributed by atoms with E-state index < -0.39 is 0 Å². The van der Waals surface area contributed by atoms with Crippen molar-refractivity contribution in [3.8, 4) is 5.75 Å². The predicted molar refractivity (Wildman–Crippen MR) is 64.8 cm³/mol. The van der Waals surface area contributed by atoms with Crippen molar-refractivity contribution in [2.75, 3.05) is 12.4 Å². The highest BCUT2D eigenvalue weighted by molar-refractivity contribution is 5.50. The Balaban J connectivity index is 2.02. The van der Waals surface area contributed by atoms with Crippen LogP contribution in [0, 0.1) is 5.82 Å². The van der Waals surface area contributed by atoms with E-state index >= 15 is 0 Å². The molecule has 0 spiro atoms. The Hall–Kier alpha value is -1.29. The highest BCUT2D eigenvalue weighted by atomic mass is 19.1. The molecule has 1 aromatic rings. The van der Waals surface area contributed by atoms with E-state index in [1.54, 1.807) is 19.2 Å². The number of benzene rings is 1. The molecular formula is C13H18FNO2. The van der Waals surface area contributed by atoms with Gasteiger partial charge < -0.3 is 15.2 Å². The van der Waals surface area contributed by atoms with Gasteiger partial charge in [-0.15, -0.1) is 0 Å². The summed E-state index contributed by atoms with van der Waals surface area (Å²) in [6.07, 6.45) is 3.12. The van der Waals surface area contributed by atoms with Gasteiger partial charge in [0.1, 0.15) is 11.6 Å². The van der Waals surface area contributed by atoms with Crippen LogP contribution in [0.2, 0.25) is 0 Å². The van der Waals surface area contributed by atoms with Gasteiger partial charge >= 0.3 is 0 Å². The Bertz CT molecular complexity index is 376. The molecule has 0 heterocycles. The van der Waals surface area contributed by atoms with E-state index in [1.165, 1.54) is 6.07 Å². The maximum atomic E-state index is 13.6. The van der Waals surface area contributed by atoms with Crippen molar-refractivity contribution >= 4 is 5.69 Å². The minimum absolute atomic E-state index is 0.191. The summed E-state index contributed by atoms with van der Waals surface area (Å²) in [5.74, 6) is 0.377. The van der Waals surface area contributed by atoms with E-state index in [0.29, 0.717) is 11.4 Å². The summed E-state index contributed by atoms with van der Waals surface area (Å²) >= 11 is 0. The van der Waals surface area contributed by atoms with Gasteiger partial charge in [0, 0.05) is 12.1 Å². The number of hydrogen-bond acceptors (Lipinski definition) is 3. The molecule has 3 nitrogen and oxygen atoms in total. The number of anilines is 1. The summed E-state index contributed by atoms with van der Waals surface area (Å²) in [6.45, 7) is 0. The van der Waals surface area contributed by atoms with Crippen LogP contribution < -0.4 is 10.1 Å². The standard InChI is InChI=1S/C13H18FNO2/c1-17-11-6-7-12(14)13(8-11)15-9-2-4-10(16)5-3-9/h6-10,15-16H,2-5H2,1H3. The molecule has 0 aromatic heterocycles. The molecule has 1 aromatic carbocycles. The largest absolute Gasteiger partial charge is 0.497 e. The molecule has 0 aliphatic heterocycles. The quantitative estimate of drug-likeness (QED) is 0.851. The maximum Gasteiger partial charge on any atom is 0.146 e. The van der Waals surface area contributed by atoms with E-state index in [2.05, 4.69) is 5.32 Å². The van der Waals surface area contributed by atoms with Crippen LogP contribution in [0.4, 0.5) is 10.1 Å². The number of aliphatic hydroxyl groups excluding tert-OH is 1. The Labute approximate surface area is 101 Å². The van der Waals surface area contributed by atoms with Crippen molar-refractivity contribution in [3.63, 3.8) is 0 Å². The summed E-state index contributed by atoms with van der Waals surface area (Å²) in [7, 11) is 1.56. The van der Waals surface area contributed by atoms with Gasteiger partial charge in [-0.3, -0.25) is 0 Å². The summed E-state index contributed by atoms with van der Waals surface area (Å²) < 4.78 is 18.6. The number of rotatable bonds is 3. The number of methoxy groups -OCH3 is 1. The minimum Gasteiger partial charge on any atom is -0.497 e. The molecule has 4 heteroatoms. The van der Waals surface area contributed by atoms with Crippen LogP contribution in [0.25, 0.3) is 0 Å². The fourth-order valence-electron chi connectivity index (χ4n) is 2.18. The molecule has 1 saturated carbocycles. The average molecular weight is 239 g/mol. The van der Waals surface area contributed by atoms with E-state index in [0.717, 1.165) is 25.7 Å². The third-order valence-electron chi connectivity index (χ3n) is 3.23. The van der Waals surface area contributed by atoms with Gasteiger partial charge in [0.15, 0.2) is 0 Å². The second-order valence-electron chi connectivity index (χ2n) is 4.50. The molecule has 0 atom stereocenters. The summed E-state index contributed by atoms with van der Waals surface area (Å²) in [5.41, 5.74) is 0.478. The molecular weight excluding hydrogens is 221 g/mol. The zero-order chi connectivity index (χ0) is 12.3. The minimum atomic E-state index is -0.267. The second kappa shape index (κ2) is 5.36. The van der Waals surface area contributed by atoms with Gasteiger partial charge in [0.2, 0.25) is 0 Å². The molecule has 0 unspecified atom stereocenters. The first-order chi connectivity index (χ1) is 8.19. The third-order valence-corrected chi connectivity index (χ3v) is 3.23. The zero-order valence-corrected chi connectivity index (χ0v) is 9.95. The van der Waals surface area contributed by atoms with Crippen LogP contribution >= 0.6 is 0 Å². The Morgan fingerprint density at radius 2 is 2.00 bits per heavy atom. The molecule has 0 bridgehead atoms. The van der Waals surface area contributed by atoms with E-state index in [-0.39, 0.29) is 18.0 Å². The number of ether oxygens (including phenoxy) is 1. The van der Waals surface area contributed by atoms with Crippen LogP contribution in [0.15, 0.2) is 18.2 Å². The first kappa shape index (κ1) is 12.2. The first-order valence-corrected chi connectivity index (χ1v) is 5.97. The lowest BCUT2D eigenvalue weighted by atomic mass is 9.93. The average Bonchev–Trinajstić information content (AvgIpc) is 2.35. The molecule has 94 valence electrons. The SMILES string of the molecule is COc1ccc(F)c(NC2CCC(O)CC2)c1. The predicted octanol–water partition coefficient (Wildman–Crippen LogP) is 2.55. The van der Waals surface area contributed by atoms with Gasteiger partial charge in [-0.2, -0.15) is 0 Å². The van der Waals surface area contributed by atoms with Crippen molar-refractivity contribution in [1.82, 2.24) is 0 Å². The molecule has 0 amide bonds. The number of aliphatic hydroxyl groups is 1. The van der Waals surface area contributed by atoms with Gasteiger partial charge in [0.05, 0.1) is 18.9 Å². The van der Waals surface area contributed by atoms with E-state index in [4.69, 9.17) is 4.74 Å². The van der Waals surface area contributed by atoms with Gasteiger partial charge in [-0.05, 0) is 37.8 Å². The topological polar surface area (TPSA) is 41.5 Å². The lowest BCUT2D eigenvalue weighted by molar-refractivity contribution is 0.126. The number of hydrogen-bond donors (Lipinski definition) is 2. The highest BCUT2D eigenvalue weighted by Gasteiger charge is 2.20. The van der Waals surface area contributed by atoms with Crippen LogP contribution in [0.5, 0.6) is 5.75 Å². The first-order valence-electron chi connectivity index (χ1n) is 5.97. The van der Waals surface area contributed by atoms with Crippen LogP contribution in [0.3, 0.4) is 0 Å². The molecule has 2 N–H and O–H groups in total. The lowest BCUT2D eigenvalue weighted by Crippen LogP contribution is -2.28. The lowest BCUT2D eigenvalue weighted by Gasteiger charge is -2.27. The molecule has 1 aliphatic carbocycles. The van der Waals surface area contributed by atoms with Crippen LogP contribution in [-0.2, 0) is 0 Å². The number of nitrogens with one attached hydrogen (secondary N) is 1. The van der Waals surface area contributed by atoms with Crippen molar-refractivity contribution in [1.29, 1.82) is 0 Å². The van der Waals surface area contributed by atoms with Gasteiger partial charge in [-0.25, -0.2) is 4.39 Å². The normalized spacial score (nSPS) is 24.4. The van der Waals surface area contributed by atoms with Crippen LogP contribution in [0.1, 0.15) is 25.7 Å². The van der Waals surface area contributed by atoms with Crippen molar-refractivity contribution < 1.29 is 14.2 Å². The van der Waals surface area contributed by atoms with E-state index in [9.17, 15) is 9.50 Å². The Morgan fingerprint density at radius 1 is 1.29 bits per heavy atom. The molecule has 0 saturated heterocycles.